The molecule has 2 aromatic heterocycles. The van der Waals surface area contributed by atoms with Gasteiger partial charge in [-0.05, 0) is 130 Å². The van der Waals surface area contributed by atoms with Crippen molar-refractivity contribution < 1.29 is 23.9 Å². The second-order valence-electron chi connectivity index (χ2n) is 15.9. The van der Waals surface area contributed by atoms with Crippen LogP contribution in [0.25, 0.3) is 22.5 Å². The van der Waals surface area contributed by atoms with Crippen molar-refractivity contribution in [2.75, 3.05) is 44.7 Å². The second kappa shape index (κ2) is 17.5. The third kappa shape index (κ3) is 10.0. The minimum absolute atomic E-state index is 0.0578. The zero-order valence-electron chi connectivity index (χ0n) is 32.8. The first-order valence-electron chi connectivity index (χ1n) is 19.2. The Morgan fingerprint density at radius 2 is 1.62 bits per heavy atom. The number of nitrogens with zero attached hydrogens (tertiary/aromatic N) is 7. The molecule has 6 rings (SSSR count). The molecule has 15 heteroatoms. The molecule has 1 saturated carbocycles. The Kier molecular flexibility index (Phi) is 12.5. The number of pyridine rings is 1. The lowest BCUT2D eigenvalue weighted by Crippen LogP contribution is -2.50. The van der Waals surface area contributed by atoms with Crippen LogP contribution >= 0.6 is 0 Å². The number of likely N-dealkylation sites (N-methyl/N-ethyl adjacent to an activating group) is 1. The summed E-state index contributed by atoms with van der Waals surface area (Å²) in [7, 11) is 2.05. The maximum Gasteiger partial charge on any atom is 0.407 e. The molecule has 2 aliphatic rings. The molecule has 4 amide bonds. The summed E-state index contributed by atoms with van der Waals surface area (Å²) in [5, 5.41) is 16.8. The predicted octanol–water partition coefficient (Wildman–Crippen LogP) is 4.39. The van der Waals surface area contributed by atoms with Gasteiger partial charge in [0.2, 0.25) is 5.91 Å². The molecule has 56 heavy (non-hydrogen) atoms. The van der Waals surface area contributed by atoms with Crippen LogP contribution in [0.3, 0.4) is 0 Å². The highest BCUT2D eigenvalue weighted by molar-refractivity contribution is 6.17. The number of nitrogens with two attached hydrogens (primary N) is 1. The van der Waals surface area contributed by atoms with Crippen molar-refractivity contribution in [1.82, 2.24) is 40.7 Å². The number of benzene rings is 2. The number of piperazine rings is 1. The summed E-state index contributed by atoms with van der Waals surface area (Å²) in [5.41, 5.74) is 11.2. The Morgan fingerprint density at radius 1 is 0.964 bits per heavy atom. The topological polar surface area (TPSA) is 193 Å². The fraction of sp³-hybridized carbons (Fsp3) is 0.463. The van der Waals surface area contributed by atoms with E-state index in [2.05, 4.69) is 42.9 Å². The van der Waals surface area contributed by atoms with E-state index in [4.69, 9.17) is 10.5 Å². The van der Waals surface area contributed by atoms with E-state index in [0.717, 1.165) is 35.3 Å². The van der Waals surface area contributed by atoms with Gasteiger partial charge < -0.3 is 25.6 Å². The van der Waals surface area contributed by atoms with Crippen molar-refractivity contribution >= 4 is 29.5 Å². The standard InChI is InChI=1S/C41H52N10O5/c1-26-22-35(39(54)50-20-18-49(5)19-21-50)43-25-33(26)29-10-6-27(7-11-29)23-34(42)38(53)51(32-16-14-30(15-17-32)36-45-47-48-46-36)37(52)31-12-8-28(9-13-31)24-44-40(55)56-41(2,3)4/h6-7,10-11,14-17,22,25,28,31,34H,8-9,12-13,18-21,23-24,42H2,1-5H3,(H,44,55)(H,45,46,47,48)/t28-,31-,34-/m0/s1. The van der Waals surface area contributed by atoms with Crippen LogP contribution in [-0.2, 0) is 20.7 Å². The quantitative estimate of drug-likeness (QED) is 0.208. The number of imide groups is 1. The number of hydrogen-bond acceptors (Lipinski definition) is 11. The number of anilines is 1. The van der Waals surface area contributed by atoms with Crippen molar-refractivity contribution in [3.05, 3.63) is 77.6 Å². The number of H-pyrrole nitrogens is 1. The summed E-state index contributed by atoms with van der Waals surface area (Å²) in [4.78, 5) is 63.5. The zero-order chi connectivity index (χ0) is 40.0. The number of amides is 4. The molecular weight excluding hydrogens is 713 g/mol. The monoisotopic (exact) mass is 764 g/mol. The van der Waals surface area contributed by atoms with Crippen LogP contribution in [0.4, 0.5) is 10.5 Å². The van der Waals surface area contributed by atoms with Crippen molar-refractivity contribution in [1.29, 1.82) is 0 Å². The molecule has 2 fully saturated rings. The Balaban J connectivity index is 1.12. The molecule has 4 aromatic rings. The number of aromatic nitrogens is 5. The maximum absolute atomic E-state index is 14.2. The summed E-state index contributed by atoms with van der Waals surface area (Å²) >= 11 is 0. The molecule has 0 bridgehead atoms. The summed E-state index contributed by atoms with van der Waals surface area (Å²) < 4.78 is 5.37. The molecular formula is C41H52N10O5. The highest BCUT2D eigenvalue weighted by atomic mass is 16.6. The maximum atomic E-state index is 14.2. The van der Waals surface area contributed by atoms with Crippen molar-refractivity contribution in [3.8, 4) is 22.5 Å². The van der Waals surface area contributed by atoms with E-state index < -0.39 is 23.6 Å². The average Bonchev–Trinajstić information content (AvgIpc) is 3.73. The van der Waals surface area contributed by atoms with E-state index >= 15 is 0 Å². The fourth-order valence-corrected chi connectivity index (χ4v) is 7.23. The average molecular weight is 765 g/mol. The Bertz CT molecular complexity index is 1980. The van der Waals surface area contributed by atoms with E-state index in [-0.39, 0.29) is 30.1 Å². The van der Waals surface area contributed by atoms with Crippen molar-refractivity contribution in [2.24, 2.45) is 17.6 Å². The number of carbonyl (C=O) groups is 4. The number of aryl methyl sites for hydroxylation is 1. The molecule has 4 N–H and O–H groups in total. The lowest BCUT2D eigenvalue weighted by molar-refractivity contribution is -0.130. The van der Waals surface area contributed by atoms with E-state index in [1.807, 2.05) is 62.9 Å². The highest BCUT2D eigenvalue weighted by Crippen LogP contribution is 2.32. The third-order valence-electron chi connectivity index (χ3n) is 10.5. The number of ether oxygens (including phenoxy) is 1. The van der Waals surface area contributed by atoms with Gasteiger partial charge in [0.1, 0.15) is 11.3 Å². The fourth-order valence-electron chi connectivity index (χ4n) is 7.23. The van der Waals surface area contributed by atoms with Gasteiger partial charge in [-0.3, -0.25) is 19.4 Å². The van der Waals surface area contributed by atoms with Crippen LogP contribution in [0.15, 0.2) is 60.8 Å². The van der Waals surface area contributed by atoms with Crippen LogP contribution in [-0.4, -0.2) is 111 Å². The first kappa shape index (κ1) is 40.1. The van der Waals surface area contributed by atoms with Crippen LogP contribution < -0.4 is 16.0 Å². The first-order valence-corrected chi connectivity index (χ1v) is 19.2. The summed E-state index contributed by atoms with van der Waals surface area (Å²) in [6.45, 7) is 10.9. The minimum atomic E-state index is -0.999. The van der Waals surface area contributed by atoms with Gasteiger partial charge in [0, 0.05) is 56.0 Å². The number of tetrazole rings is 1. The highest BCUT2D eigenvalue weighted by Gasteiger charge is 2.35. The van der Waals surface area contributed by atoms with Gasteiger partial charge in [0.15, 0.2) is 5.82 Å². The van der Waals surface area contributed by atoms with Gasteiger partial charge in [0.25, 0.3) is 11.8 Å². The van der Waals surface area contributed by atoms with Crippen LogP contribution in [0.2, 0.25) is 0 Å². The van der Waals surface area contributed by atoms with Crippen LogP contribution in [0.1, 0.15) is 68.1 Å². The number of hydrogen-bond donors (Lipinski definition) is 3. The SMILES string of the molecule is Cc1cc(C(=O)N2CCN(C)CC2)ncc1-c1ccc(C[C@H](N)C(=O)N(c2ccc(-c3nnn[nH]3)cc2)C(=O)[C@H]2CC[C@H](CNC(=O)OC(C)(C)C)CC2)cc1. The van der Waals surface area contributed by atoms with Gasteiger partial charge in [0.05, 0.1) is 11.7 Å². The summed E-state index contributed by atoms with van der Waals surface area (Å²) in [6, 6.07) is 15.5. The van der Waals surface area contributed by atoms with Crippen molar-refractivity contribution in [2.45, 2.75) is 71.4 Å². The van der Waals surface area contributed by atoms with Gasteiger partial charge in [-0.15, -0.1) is 5.10 Å². The predicted molar refractivity (Wildman–Crippen MR) is 211 cm³/mol. The molecule has 0 spiro atoms. The van der Waals surface area contributed by atoms with Gasteiger partial charge in [-0.2, -0.15) is 0 Å². The van der Waals surface area contributed by atoms with E-state index in [9.17, 15) is 19.2 Å². The number of carbonyl (C=O) groups excluding carboxylic acids is 4. The molecule has 0 unspecified atom stereocenters. The third-order valence-corrected chi connectivity index (χ3v) is 10.5. The summed E-state index contributed by atoms with van der Waals surface area (Å²) in [5.74, 6) is -0.592. The van der Waals surface area contributed by atoms with E-state index in [1.165, 1.54) is 4.90 Å². The lowest BCUT2D eigenvalue weighted by Gasteiger charge is -2.32. The zero-order valence-corrected chi connectivity index (χ0v) is 32.8. The van der Waals surface area contributed by atoms with E-state index in [1.54, 1.807) is 30.5 Å². The Labute approximate surface area is 327 Å². The van der Waals surface area contributed by atoms with Crippen LogP contribution in [0.5, 0.6) is 0 Å². The number of aromatic amines is 1. The second-order valence-corrected chi connectivity index (χ2v) is 15.9. The van der Waals surface area contributed by atoms with Gasteiger partial charge in [-0.1, -0.05) is 24.3 Å². The molecule has 1 aliphatic heterocycles. The first-order chi connectivity index (χ1) is 26.8. The van der Waals surface area contributed by atoms with Crippen LogP contribution in [0, 0.1) is 18.8 Å². The molecule has 2 aromatic carbocycles. The lowest BCUT2D eigenvalue weighted by atomic mass is 9.81. The van der Waals surface area contributed by atoms with Crippen molar-refractivity contribution in [3.63, 3.8) is 0 Å². The molecule has 3 heterocycles. The number of rotatable bonds is 10. The largest absolute Gasteiger partial charge is 0.444 e. The van der Waals surface area contributed by atoms with E-state index in [0.29, 0.717) is 68.1 Å². The Hall–Kier alpha value is -5.54. The number of alkyl carbamates (subject to hydrolysis) is 1. The smallest absolute Gasteiger partial charge is 0.407 e. The normalized spacial score (nSPS) is 18.2. The molecule has 1 saturated heterocycles. The molecule has 15 nitrogen and oxygen atoms in total. The van der Waals surface area contributed by atoms with Gasteiger partial charge >= 0.3 is 6.09 Å². The molecule has 1 atom stereocenters. The molecule has 1 aliphatic carbocycles. The minimum Gasteiger partial charge on any atom is -0.444 e. The molecule has 0 radical (unpaired) electrons. The Morgan fingerprint density at radius 3 is 2.23 bits per heavy atom. The summed E-state index contributed by atoms with van der Waals surface area (Å²) in [6.07, 6.45) is 4.06. The number of nitrogens with one attached hydrogen (secondary N) is 2. The molecule has 296 valence electrons. The van der Waals surface area contributed by atoms with Gasteiger partial charge in [-0.25, -0.2) is 14.8 Å².